The zero-order valence-corrected chi connectivity index (χ0v) is 16.2. The normalized spacial score (nSPS) is 24.0. The molecule has 3 heterocycles. The number of hydrogen-bond acceptors (Lipinski definition) is 4. The maximum absolute atomic E-state index is 12.6. The van der Waals surface area contributed by atoms with Gasteiger partial charge in [-0.2, -0.15) is 17.0 Å². The Morgan fingerprint density at radius 3 is 2.58 bits per heavy atom. The first-order chi connectivity index (χ1) is 12.4. The molecule has 3 fully saturated rings. The van der Waals surface area contributed by atoms with Crippen LogP contribution in [-0.4, -0.2) is 74.2 Å². The van der Waals surface area contributed by atoms with E-state index < -0.39 is 10.2 Å². The lowest BCUT2D eigenvalue weighted by molar-refractivity contribution is -0.140. The monoisotopic (exact) mass is 381 g/mol. The molecule has 0 aliphatic carbocycles. The largest absolute Gasteiger partial charge is 0.367 e. The molecule has 0 radical (unpaired) electrons. The second-order valence-electron chi connectivity index (χ2n) is 7.23. The average molecular weight is 381 g/mol. The second kappa shape index (κ2) is 8.04. The lowest BCUT2D eigenvalue weighted by Gasteiger charge is -2.36. The first-order valence-corrected chi connectivity index (χ1v) is 10.4. The van der Waals surface area contributed by atoms with Gasteiger partial charge in [0.05, 0.1) is 6.61 Å². The lowest BCUT2D eigenvalue weighted by atomic mass is 9.95. The van der Waals surface area contributed by atoms with Crippen molar-refractivity contribution in [1.29, 1.82) is 0 Å². The molecular weight excluding hydrogens is 354 g/mol. The zero-order chi connectivity index (χ0) is 18.7. The van der Waals surface area contributed by atoms with Gasteiger partial charge in [0.15, 0.2) is 0 Å². The van der Waals surface area contributed by atoms with Gasteiger partial charge in [-0.1, -0.05) is 30.3 Å². The van der Waals surface area contributed by atoms with Gasteiger partial charge in [0, 0.05) is 39.8 Å². The van der Waals surface area contributed by atoms with E-state index in [1.54, 1.807) is 14.1 Å². The van der Waals surface area contributed by atoms with Crippen LogP contribution in [0.3, 0.4) is 0 Å². The summed E-state index contributed by atoms with van der Waals surface area (Å²) < 4.78 is 33.3. The molecule has 7 nitrogen and oxygen atoms in total. The Labute approximate surface area is 155 Å². The molecule has 0 N–H and O–H groups in total. The molecule has 2 atom stereocenters. The highest BCUT2D eigenvalue weighted by atomic mass is 32.2. The topological polar surface area (TPSA) is 70.2 Å². The van der Waals surface area contributed by atoms with Gasteiger partial charge in [-0.15, -0.1) is 0 Å². The van der Waals surface area contributed by atoms with Gasteiger partial charge in [0.25, 0.3) is 10.2 Å². The van der Waals surface area contributed by atoms with Crippen LogP contribution in [0.15, 0.2) is 30.3 Å². The van der Waals surface area contributed by atoms with Gasteiger partial charge in [-0.05, 0) is 24.3 Å². The van der Waals surface area contributed by atoms with Crippen LogP contribution in [0.1, 0.15) is 18.4 Å². The summed E-state index contributed by atoms with van der Waals surface area (Å²) in [5.41, 5.74) is 1.03. The predicted molar refractivity (Wildman–Crippen MR) is 98.5 cm³/mol. The van der Waals surface area contributed by atoms with Gasteiger partial charge in [0.1, 0.15) is 6.61 Å². The van der Waals surface area contributed by atoms with Crippen LogP contribution in [-0.2, 0) is 26.3 Å². The number of carbonyl (C=O) groups excluding carboxylic acids is 1. The van der Waals surface area contributed by atoms with Crippen molar-refractivity contribution >= 4 is 16.1 Å². The van der Waals surface area contributed by atoms with E-state index >= 15 is 0 Å². The molecule has 4 rings (SSSR count). The quantitative estimate of drug-likeness (QED) is 0.735. The van der Waals surface area contributed by atoms with Crippen LogP contribution in [0.2, 0.25) is 0 Å². The fourth-order valence-electron chi connectivity index (χ4n) is 3.68. The van der Waals surface area contributed by atoms with E-state index in [9.17, 15) is 13.2 Å². The SMILES string of the molecule is CN(C)S(=O)(=O)N1C[C@H]2CC[C@@H](C1)N(C(=O)COCc1ccccc1)C2. The van der Waals surface area contributed by atoms with Gasteiger partial charge in [-0.25, -0.2) is 0 Å². The average Bonchev–Trinajstić information content (AvgIpc) is 2.95. The van der Waals surface area contributed by atoms with Crippen LogP contribution >= 0.6 is 0 Å². The van der Waals surface area contributed by atoms with E-state index in [1.807, 2.05) is 35.2 Å². The highest BCUT2D eigenvalue weighted by Crippen LogP contribution is 2.29. The fourth-order valence-corrected chi connectivity index (χ4v) is 4.90. The van der Waals surface area contributed by atoms with Crippen molar-refractivity contribution in [3.63, 3.8) is 0 Å². The molecule has 3 saturated heterocycles. The van der Waals surface area contributed by atoms with Crippen LogP contribution < -0.4 is 0 Å². The molecule has 26 heavy (non-hydrogen) atoms. The van der Waals surface area contributed by atoms with Crippen LogP contribution in [0, 0.1) is 5.92 Å². The Kier molecular flexibility index (Phi) is 5.96. The van der Waals surface area contributed by atoms with Crippen molar-refractivity contribution in [3.05, 3.63) is 35.9 Å². The summed E-state index contributed by atoms with van der Waals surface area (Å²) in [6.45, 7) is 1.87. The molecule has 8 heteroatoms. The third kappa shape index (κ3) is 4.25. The number of ether oxygens (including phenoxy) is 1. The summed E-state index contributed by atoms with van der Waals surface area (Å²) in [6, 6.07) is 9.67. The highest BCUT2D eigenvalue weighted by Gasteiger charge is 2.41. The number of fused-ring (bicyclic) bond motifs is 4. The molecule has 0 unspecified atom stereocenters. The molecular formula is C18H27N3O4S. The van der Waals surface area contributed by atoms with E-state index in [2.05, 4.69) is 0 Å². The standard InChI is InChI=1S/C18H27N3O4S/c1-19(2)26(23,24)20-10-16-8-9-17(12-20)21(11-16)18(22)14-25-13-15-6-4-3-5-7-15/h3-7,16-17H,8-14H2,1-2H3/t16-,17+/m1/s1. The first-order valence-electron chi connectivity index (χ1n) is 8.96. The molecule has 1 amide bonds. The zero-order valence-electron chi connectivity index (χ0n) is 15.4. The summed E-state index contributed by atoms with van der Waals surface area (Å²) in [5.74, 6) is 0.126. The maximum Gasteiger partial charge on any atom is 0.281 e. The number of nitrogens with zero attached hydrogens (tertiary/aromatic N) is 3. The fraction of sp³-hybridized carbons (Fsp3) is 0.611. The smallest absolute Gasteiger partial charge is 0.281 e. The van der Waals surface area contributed by atoms with E-state index in [4.69, 9.17) is 4.74 Å². The van der Waals surface area contributed by atoms with Crippen molar-refractivity contribution in [3.8, 4) is 0 Å². The van der Waals surface area contributed by atoms with E-state index in [1.165, 1.54) is 8.61 Å². The van der Waals surface area contributed by atoms with Crippen molar-refractivity contribution < 1.29 is 17.9 Å². The maximum atomic E-state index is 12.6. The van der Waals surface area contributed by atoms with Gasteiger partial charge in [0.2, 0.25) is 5.91 Å². The summed E-state index contributed by atoms with van der Waals surface area (Å²) >= 11 is 0. The van der Waals surface area contributed by atoms with Crippen LogP contribution in [0.4, 0.5) is 0 Å². The van der Waals surface area contributed by atoms with Crippen molar-refractivity contribution in [1.82, 2.24) is 13.5 Å². The Bertz CT molecular complexity index is 723. The summed E-state index contributed by atoms with van der Waals surface area (Å²) in [5, 5.41) is 0. The van der Waals surface area contributed by atoms with Crippen LogP contribution in [0.25, 0.3) is 0 Å². The van der Waals surface area contributed by atoms with Gasteiger partial charge in [-0.3, -0.25) is 4.79 Å². The highest BCUT2D eigenvalue weighted by molar-refractivity contribution is 7.86. The number of piperidine rings is 1. The molecule has 0 spiro atoms. The molecule has 1 aromatic rings. The Hall–Kier alpha value is -1.48. The third-order valence-electron chi connectivity index (χ3n) is 5.13. The van der Waals surface area contributed by atoms with Gasteiger partial charge < -0.3 is 9.64 Å². The molecule has 3 aliphatic rings. The summed E-state index contributed by atoms with van der Waals surface area (Å²) in [4.78, 5) is 14.5. The molecule has 0 saturated carbocycles. The Balaban J connectivity index is 1.60. The summed E-state index contributed by atoms with van der Waals surface area (Å²) in [6.07, 6.45) is 1.80. The van der Waals surface area contributed by atoms with Crippen LogP contribution in [0.5, 0.6) is 0 Å². The number of benzene rings is 1. The molecule has 144 valence electrons. The second-order valence-corrected chi connectivity index (χ2v) is 9.37. The Morgan fingerprint density at radius 2 is 1.88 bits per heavy atom. The van der Waals surface area contributed by atoms with Crippen molar-refractivity contribution in [2.24, 2.45) is 5.92 Å². The predicted octanol–water partition coefficient (Wildman–Crippen LogP) is 0.932. The van der Waals surface area contributed by atoms with Crippen molar-refractivity contribution in [2.45, 2.75) is 25.5 Å². The molecule has 0 aromatic heterocycles. The number of carbonyl (C=O) groups is 1. The van der Waals surface area contributed by atoms with E-state index in [0.29, 0.717) is 26.2 Å². The van der Waals surface area contributed by atoms with E-state index in [0.717, 1.165) is 18.4 Å². The molecule has 1 aromatic carbocycles. The number of rotatable bonds is 6. The lowest BCUT2D eigenvalue weighted by Crippen LogP contribution is -2.49. The third-order valence-corrected chi connectivity index (χ3v) is 7.00. The first kappa shape index (κ1) is 19.3. The molecule has 3 aliphatic heterocycles. The van der Waals surface area contributed by atoms with Crippen molar-refractivity contribution in [2.75, 3.05) is 40.3 Å². The summed E-state index contributed by atoms with van der Waals surface area (Å²) in [7, 11) is -0.366. The molecule has 2 bridgehead atoms. The Morgan fingerprint density at radius 1 is 1.15 bits per heavy atom. The number of amides is 1. The minimum absolute atomic E-state index is 0.0263. The number of hydrogen-bond donors (Lipinski definition) is 0. The van der Waals surface area contributed by atoms with Gasteiger partial charge >= 0.3 is 0 Å². The minimum Gasteiger partial charge on any atom is -0.367 e. The van der Waals surface area contributed by atoms with E-state index in [-0.39, 0.29) is 24.5 Å². The minimum atomic E-state index is -3.45.